The first-order valence-corrected chi connectivity index (χ1v) is 24.5. The molecule has 0 radical (unpaired) electrons. The van der Waals surface area contributed by atoms with Gasteiger partial charge in [-0.25, -0.2) is 0 Å². The van der Waals surface area contributed by atoms with Crippen LogP contribution in [0, 0.1) is 0 Å². The van der Waals surface area contributed by atoms with Gasteiger partial charge in [0.1, 0.15) is 0 Å². The van der Waals surface area contributed by atoms with Crippen LogP contribution >= 0.6 is 0 Å². The summed E-state index contributed by atoms with van der Waals surface area (Å²) in [6.45, 7) is 2.40. The minimum Gasteiger partial charge on any atom is -0.309 e. The minimum absolute atomic E-state index is 0.264. The molecule has 0 N–H and O–H groups in total. The molecule has 0 aliphatic heterocycles. The van der Waals surface area contributed by atoms with Gasteiger partial charge in [-0.15, -0.1) is 0 Å². The second-order valence-corrected chi connectivity index (χ2v) is 19.1. The zero-order chi connectivity index (χ0) is 45.2. The lowest BCUT2D eigenvalue weighted by atomic mass is 9.74. The Balaban J connectivity index is 1.02. The molecule has 1 saturated carbocycles. The Morgan fingerprint density at radius 2 is 1.06 bits per heavy atom. The van der Waals surface area contributed by atoms with E-state index in [9.17, 15) is 0 Å². The summed E-state index contributed by atoms with van der Waals surface area (Å²) >= 11 is 0. The molecule has 1 unspecified atom stereocenters. The average molecular weight is 873 g/mol. The van der Waals surface area contributed by atoms with Crippen molar-refractivity contribution in [2.75, 3.05) is 4.90 Å². The lowest BCUT2D eigenvalue weighted by Crippen LogP contribution is -2.22. The first kappa shape index (κ1) is 40.3. The van der Waals surface area contributed by atoms with Gasteiger partial charge in [0.2, 0.25) is 0 Å². The topological polar surface area (TPSA) is 8.17 Å². The summed E-state index contributed by atoms with van der Waals surface area (Å²) in [6, 6.07) is 86.1. The molecule has 2 aliphatic carbocycles. The van der Waals surface area contributed by atoms with Crippen LogP contribution in [0.2, 0.25) is 0 Å². The largest absolute Gasteiger partial charge is 0.309 e. The fourth-order valence-electron chi connectivity index (χ4n) is 12.3. The van der Waals surface area contributed by atoms with Crippen molar-refractivity contribution in [2.24, 2.45) is 0 Å². The van der Waals surface area contributed by atoms with Gasteiger partial charge in [0.15, 0.2) is 0 Å². The van der Waals surface area contributed by atoms with Gasteiger partial charge in [-0.2, -0.15) is 0 Å². The molecule has 2 aliphatic rings. The van der Waals surface area contributed by atoms with Crippen LogP contribution in [0.1, 0.15) is 67.2 Å². The van der Waals surface area contributed by atoms with Crippen molar-refractivity contribution in [1.82, 2.24) is 4.57 Å². The molecule has 0 amide bonds. The normalized spacial score (nSPS) is 15.7. The highest BCUT2D eigenvalue weighted by atomic mass is 15.2. The number of benzene rings is 10. The van der Waals surface area contributed by atoms with Crippen LogP contribution < -0.4 is 4.90 Å². The zero-order valence-corrected chi connectivity index (χ0v) is 38.4. The van der Waals surface area contributed by atoms with Crippen molar-refractivity contribution in [3.05, 3.63) is 253 Å². The van der Waals surface area contributed by atoms with Crippen LogP contribution in [0.25, 0.3) is 71.6 Å². The first-order chi connectivity index (χ1) is 33.6. The van der Waals surface area contributed by atoms with Crippen molar-refractivity contribution in [1.29, 1.82) is 0 Å². The summed E-state index contributed by atoms with van der Waals surface area (Å²) in [6.07, 6.45) is 6.45. The highest BCUT2D eigenvalue weighted by Gasteiger charge is 2.40. The summed E-state index contributed by atoms with van der Waals surface area (Å²) in [5.74, 6) is 0.571. The lowest BCUT2D eigenvalue weighted by molar-refractivity contribution is 0.445. The fraction of sp³-hybridized carbons (Fsp3) is 0.121. The van der Waals surface area contributed by atoms with E-state index in [0.29, 0.717) is 5.92 Å². The Kier molecular flexibility index (Phi) is 9.75. The minimum atomic E-state index is -0.264. The lowest BCUT2D eigenvalue weighted by Gasteiger charge is -2.30. The van der Waals surface area contributed by atoms with Gasteiger partial charge in [0.05, 0.1) is 22.4 Å². The molecule has 0 spiro atoms. The molecule has 10 aromatic carbocycles. The molecule has 1 heterocycles. The van der Waals surface area contributed by atoms with E-state index in [0.717, 1.165) is 22.7 Å². The van der Waals surface area contributed by atoms with Crippen LogP contribution in [0.15, 0.2) is 231 Å². The SMILES string of the molecule is CC1(c2ccccc2)c2ccccc2-c2ccc(-c3ccc(N(c4ccccc4-c4cccc5cccc(C6CCCCC6)c45)c4cccc5c4c4ccccc4n5-c4ccccc4)cc3)cc21. The molecule has 1 fully saturated rings. The molecule has 0 bridgehead atoms. The summed E-state index contributed by atoms with van der Waals surface area (Å²) in [5, 5.41) is 5.16. The number of aromatic nitrogens is 1. The average Bonchev–Trinajstić information content (AvgIpc) is 3.89. The van der Waals surface area contributed by atoms with E-state index in [4.69, 9.17) is 0 Å². The number of hydrogen-bond acceptors (Lipinski definition) is 1. The molecule has 2 heteroatoms. The summed E-state index contributed by atoms with van der Waals surface area (Å²) in [4.78, 5) is 2.54. The van der Waals surface area contributed by atoms with Gasteiger partial charge >= 0.3 is 0 Å². The molecule has 1 atom stereocenters. The van der Waals surface area contributed by atoms with E-state index in [2.05, 4.69) is 247 Å². The molecule has 68 heavy (non-hydrogen) atoms. The van der Waals surface area contributed by atoms with E-state index in [1.807, 2.05) is 0 Å². The maximum Gasteiger partial charge on any atom is 0.0562 e. The Labute approximate surface area is 399 Å². The number of hydrogen-bond donors (Lipinski definition) is 0. The molecular weight excluding hydrogens is 821 g/mol. The number of para-hydroxylation sites is 3. The van der Waals surface area contributed by atoms with Gasteiger partial charge in [0.25, 0.3) is 0 Å². The van der Waals surface area contributed by atoms with E-state index in [1.165, 1.54) is 120 Å². The third-order valence-corrected chi connectivity index (χ3v) is 15.5. The van der Waals surface area contributed by atoms with E-state index >= 15 is 0 Å². The predicted octanol–water partition coefficient (Wildman–Crippen LogP) is 18.1. The van der Waals surface area contributed by atoms with Crippen molar-refractivity contribution in [3.8, 4) is 39.1 Å². The van der Waals surface area contributed by atoms with Gasteiger partial charge < -0.3 is 9.47 Å². The van der Waals surface area contributed by atoms with Crippen molar-refractivity contribution < 1.29 is 0 Å². The van der Waals surface area contributed by atoms with Gasteiger partial charge in [-0.05, 0) is 141 Å². The Hall–Kier alpha value is -7.94. The van der Waals surface area contributed by atoms with Crippen LogP contribution in [0.3, 0.4) is 0 Å². The van der Waals surface area contributed by atoms with Crippen LogP contribution in [-0.2, 0) is 5.41 Å². The first-order valence-electron chi connectivity index (χ1n) is 24.5. The monoisotopic (exact) mass is 872 g/mol. The quantitative estimate of drug-likeness (QED) is 0.148. The third-order valence-electron chi connectivity index (χ3n) is 15.5. The second-order valence-electron chi connectivity index (χ2n) is 19.1. The fourth-order valence-corrected chi connectivity index (χ4v) is 12.3. The maximum absolute atomic E-state index is 2.54. The van der Waals surface area contributed by atoms with Gasteiger partial charge in [-0.1, -0.05) is 195 Å². The third kappa shape index (κ3) is 6.39. The van der Waals surface area contributed by atoms with E-state index in [1.54, 1.807) is 0 Å². The van der Waals surface area contributed by atoms with Crippen molar-refractivity contribution in [2.45, 2.75) is 50.4 Å². The van der Waals surface area contributed by atoms with Crippen LogP contribution in [-0.4, -0.2) is 4.57 Å². The number of nitrogens with zero attached hydrogens (tertiary/aromatic N) is 2. The molecule has 0 saturated heterocycles. The second kappa shape index (κ2) is 16.4. The molecular formula is C66H52N2. The highest BCUT2D eigenvalue weighted by molar-refractivity contribution is 6.17. The smallest absolute Gasteiger partial charge is 0.0562 e. The Morgan fingerprint density at radius 3 is 1.88 bits per heavy atom. The number of anilines is 3. The summed E-state index contributed by atoms with van der Waals surface area (Å²) in [7, 11) is 0. The van der Waals surface area contributed by atoms with Crippen molar-refractivity contribution in [3.63, 3.8) is 0 Å². The zero-order valence-electron chi connectivity index (χ0n) is 38.4. The molecule has 2 nitrogen and oxygen atoms in total. The van der Waals surface area contributed by atoms with E-state index in [-0.39, 0.29) is 5.41 Å². The van der Waals surface area contributed by atoms with Crippen molar-refractivity contribution >= 4 is 49.6 Å². The molecule has 11 aromatic rings. The molecule has 13 rings (SSSR count). The van der Waals surface area contributed by atoms with Crippen LogP contribution in [0.4, 0.5) is 17.1 Å². The standard InChI is InChI=1S/C66H52N2/c1-66(49-24-7-3-8-25-49)58-33-14-11-28-53(58)54-43-40-48(44-59(54)66)45-38-41-51(42-39-45)68(63-37-19-36-62-65(63)57-30-13-16-35-61(57)67(62)50-26-9-4-10-27-50)60-34-15-12-29-55(60)56-32-18-23-47-22-17-31-52(64(47)56)46-20-5-2-6-21-46/h3-4,7-19,22-44,46H,2,5-6,20-21H2,1H3. The Morgan fingerprint density at radius 1 is 0.441 bits per heavy atom. The van der Waals surface area contributed by atoms with E-state index < -0.39 is 0 Å². The number of fused-ring (bicyclic) bond motifs is 7. The number of rotatable bonds is 8. The van der Waals surface area contributed by atoms with Gasteiger partial charge in [-0.3, -0.25) is 0 Å². The summed E-state index contributed by atoms with van der Waals surface area (Å²) < 4.78 is 2.43. The summed E-state index contributed by atoms with van der Waals surface area (Å²) in [5.41, 5.74) is 19.8. The maximum atomic E-state index is 2.54. The molecule has 1 aromatic heterocycles. The predicted molar refractivity (Wildman–Crippen MR) is 287 cm³/mol. The highest BCUT2D eigenvalue weighted by Crippen LogP contribution is 2.54. The molecule has 326 valence electrons. The Bertz CT molecular complexity index is 3660. The van der Waals surface area contributed by atoms with Gasteiger partial charge in [0, 0.05) is 33.1 Å². The van der Waals surface area contributed by atoms with Crippen LogP contribution in [0.5, 0.6) is 0 Å².